The molecule has 0 spiro atoms. The third-order valence-electron chi connectivity index (χ3n) is 6.35. The van der Waals surface area contributed by atoms with Gasteiger partial charge in [-0.15, -0.1) is 11.3 Å². The smallest absolute Gasteiger partial charge is 0.242 e. The Morgan fingerprint density at radius 1 is 1.25 bits per heavy atom. The van der Waals surface area contributed by atoms with Crippen LogP contribution in [0.5, 0.6) is 5.75 Å². The molecule has 2 heterocycles. The van der Waals surface area contributed by atoms with Gasteiger partial charge in [-0.25, -0.2) is 0 Å². The second-order valence-corrected chi connectivity index (χ2v) is 9.87. The molecule has 0 fully saturated rings. The predicted molar refractivity (Wildman–Crippen MR) is 130 cm³/mol. The lowest BCUT2D eigenvalue weighted by Crippen LogP contribution is -2.48. The van der Waals surface area contributed by atoms with Crippen molar-refractivity contribution in [1.82, 2.24) is 9.80 Å². The number of carbonyl (C=O) groups excluding carboxylic acids is 2. The van der Waals surface area contributed by atoms with Gasteiger partial charge in [0.05, 0.1) is 12.6 Å². The highest BCUT2D eigenvalue weighted by molar-refractivity contribution is 7.10. The van der Waals surface area contributed by atoms with Crippen molar-refractivity contribution in [2.24, 2.45) is 5.92 Å². The molecule has 2 amide bonds. The lowest BCUT2D eigenvalue weighted by atomic mass is 10.00. The van der Waals surface area contributed by atoms with E-state index < -0.39 is 0 Å². The molecule has 0 N–H and O–H groups in total. The molecule has 2 atom stereocenters. The van der Waals surface area contributed by atoms with Gasteiger partial charge in [0.1, 0.15) is 12.4 Å². The van der Waals surface area contributed by atoms with E-state index in [1.165, 1.54) is 16.0 Å². The van der Waals surface area contributed by atoms with Gasteiger partial charge in [0, 0.05) is 24.4 Å². The Morgan fingerprint density at radius 2 is 2.03 bits per heavy atom. The summed E-state index contributed by atoms with van der Waals surface area (Å²) in [5, 5.41) is 2.10. The van der Waals surface area contributed by atoms with E-state index in [-0.39, 0.29) is 24.4 Å². The van der Waals surface area contributed by atoms with Crippen LogP contribution < -0.4 is 4.74 Å². The molecule has 1 aromatic heterocycles. The molecule has 0 aliphatic carbocycles. The number of hydrogen-bond acceptors (Lipinski definition) is 4. The van der Waals surface area contributed by atoms with Gasteiger partial charge in [0.15, 0.2) is 0 Å². The second-order valence-electron chi connectivity index (χ2n) is 8.87. The minimum atomic E-state index is -0.139. The molecule has 6 heteroatoms. The fraction of sp³-hybridized carbons (Fsp3) is 0.538. The number of aryl methyl sites for hydroxylation is 2. The fourth-order valence-electron chi connectivity index (χ4n) is 4.24. The Hall–Kier alpha value is -2.34. The molecule has 2 aromatic rings. The van der Waals surface area contributed by atoms with E-state index in [1.807, 2.05) is 30.9 Å². The number of carbonyl (C=O) groups is 2. The van der Waals surface area contributed by atoms with Crippen LogP contribution in [0.15, 0.2) is 29.6 Å². The first-order chi connectivity index (χ1) is 15.3. The van der Waals surface area contributed by atoms with Crippen LogP contribution in [0.4, 0.5) is 0 Å². The molecule has 0 unspecified atom stereocenters. The van der Waals surface area contributed by atoms with E-state index in [0.717, 1.165) is 24.2 Å². The summed E-state index contributed by atoms with van der Waals surface area (Å²) in [5.74, 6) is 1.26. The Morgan fingerprint density at radius 3 is 2.72 bits per heavy atom. The maximum absolute atomic E-state index is 13.4. The number of hydrogen-bond donors (Lipinski definition) is 0. The first kappa shape index (κ1) is 24.3. The Labute approximate surface area is 196 Å². The number of amides is 2. The van der Waals surface area contributed by atoms with Gasteiger partial charge in [-0.3, -0.25) is 9.59 Å². The molecule has 0 saturated carbocycles. The first-order valence-electron chi connectivity index (χ1n) is 11.7. The van der Waals surface area contributed by atoms with Gasteiger partial charge in [-0.2, -0.15) is 0 Å². The zero-order valence-corrected chi connectivity index (χ0v) is 20.8. The molecule has 1 aliphatic heterocycles. The highest BCUT2D eigenvalue weighted by Gasteiger charge is 2.33. The van der Waals surface area contributed by atoms with Crippen LogP contribution in [-0.4, -0.2) is 47.9 Å². The summed E-state index contributed by atoms with van der Waals surface area (Å²) in [4.78, 5) is 31.0. The zero-order chi connectivity index (χ0) is 23.3. The van der Waals surface area contributed by atoms with Crippen LogP contribution >= 0.6 is 11.3 Å². The van der Waals surface area contributed by atoms with Crippen molar-refractivity contribution in [2.75, 3.05) is 26.2 Å². The molecule has 1 aliphatic rings. The monoisotopic (exact) mass is 456 g/mol. The van der Waals surface area contributed by atoms with Gasteiger partial charge in [0.25, 0.3) is 0 Å². The van der Waals surface area contributed by atoms with E-state index in [1.54, 1.807) is 16.2 Å². The molecular formula is C26H36N2O3S. The highest BCUT2D eigenvalue weighted by Crippen LogP contribution is 2.34. The van der Waals surface area contributed by atoms with Crippen LogP contribution in [0.3, 0.4) is 0 Å². The molecule has 0 bridgehead atoms. The third kappa shape index (κ3) is 5.71. The lowest BCUT2D eigenvalue weighted by Gasteiger charge is -2.37. The minimum absolute atomic E-state index is 0.00109. The van der Waals surface area contributed by atoms with Crippen LogP contribution in [0.25, 0.3) is 0 Å². The van der Waals surface area contributed by atoms with E-state index in [2.05, 4.69) is 38.3 Å². The fourth-order valence-corrected chi connectivity index (χ4v) is 5.17. The van der Waals surface area contributed by atoms with Gasteiger partial charge in [0.2, 0.25) is 11.8 Å². The van der Waals surface area contributed by atoms with Crippen molar-refractivity contribution in [2.45, 2.75) is 59.9 Å². The average molecular weight is 457 g/mol. The van der Waals surface area contributed by atoms with Gasteiger partial charge in [-0.05, 0) is 54.8 Å². The summed E-state index contributed by atoms with van der Waals surface area (Å²) < 4.78 is 6.22. The number of thiophene rings is 1. The van der Waals surface area contributed by atoms with Crippen LogP contribution in [0, 0.1) is 19.8 Å². The number of benzene rings is 1. The largest absolute Gasteiger partial charge is 0.491 e. The average Bonchev–Trinajstić information content (AvgIpc) is 3.26. The summed E-state index contributed by atoms with van der Waals surface area (Å²) >= 11 is 1.75. The molecule has 5 nitrogen and oxygen atoms in total. The van der Waals surface area contributed by atoms with Crippen molar-refractivity contribution >= 4 is 23.2 Å². The maximum Gasteiger partial charge on any atom is 0.242 e. The first-order valence-corrected chi connectivity index (χ1v) is 12.6. The normalized spacial score (nSPS) is 16.4. The number of nitrogens with zero attached hydrogens (tertiary/aromatic N) is 2. The Bertz CT molecular complexity index is 939. The number of fused-ring (bicyclic) bond motifs is 1. The van der Waals surface area contributed by atoms with Gasteiger partial charge >= 0.3 is 0 Å². The van der Waals surface area contributed by atoms with Crippen molar-refractivity contribution in [3.05, 3.63) is 51.2 Å². The van der Waals surface area contributed by atoms with E-state index in [9.17, 15) is 9.59 Å². The predicted octanol–water partition coefficient (Wildman–Crippen LogP) is 5.15. The summed E-state index contributed by atoms with van der Waals surface area (Å²) in [5.41, 5.74) is 3.47. The molecule has 32 heavy (non-hydrogen) atoms. The Balaban J connectivity index is 1.78. The summed E-state index contributed by atoms with van der Waals surface area (Å²) in [6.07, 6.45) is 2.25. The SMILES string of the molecule is CCC(=O)N(CC(=O)N1CCc2sccc2[C@@H]1COc1ccc(C)cc1C)C[C@@H](C)CC. The quantitative estimate of drug-likeness (QED) is 0.524. The summed E-state index contributed by atoms with van der Waals surface area (Å²) in [7, 11) is 0. The van der Waals surface area contributed by atoms with E-state index in [0.29, 0.717) is 32.0 Å². The van der Waals surface area contributed by atoms with Crippen molar-refractivity contribution in [3.8, 4) is 5.75 Å². The third-order valence-corrected chi connectivity index (χ3v) is 7.35. The second kappa shape index (κ2) is 11.0. The number of rotatable bonds is 9. The molecule has 0 saturated heterocycles. The van der Waals surface area contributed by atoms with Gasteiger partial charge in [-0.1, -0.05) is 44.9 Å². The summed E-state index contributed by atoms with van der Waals surface area (Å²) in [6.45, 7) is 12.0. The van der Waals surface area contributed by atoms with E-state index >= 15 is 0 Å². The lowest BCUT2D eigenvalue weighted by molar-refractivity contribution is -0.143. The molecular weight excluding hydrogens is 420 g/mol. The van der Waals surface area contributed by atoms with Gasteiger partial charge < -0.3 is 14.5 Å². The van der Waals surface area contributed by atoms with Crippen LogP contribution in [0.1, 0.15) is 61.2 Å². The van der Waals surface area contributed by atoms with Crippen molar-refractivity contribution in [1.29, 1.82) is 0 Å². The zero-order valence-electron chi connectivity index (χ0n) is 20.0. The Kier molecular flexibility index (Phi) is 8.35. The standard InChI is InChI=1S/C26H36N2O3S/c1-6-18(3)15-27(25(29)7-2)16-26(30)28-12-10-24-21(11-13-32-24)22(28)17-31-23-9-8-19(4)14-20(23)5/h8-9,11,13-14,18,22H,6-7,10,12,15-17H2,1-5H3/t18-,22-/m0/s1. The van der Waals surface area contributed by atoms with Crippen LogP contribution in [-0.2, 0) is 16.0 Å². The van der Waals surface area contributed by atoms with Crippen LogP contribution in [0.2, 0.25) is 0 Å². The minimum Gasteiger partial charge on any atom is -0.491 e. The van der Waals surface area contributed by atoms with Crippen molar-refractivity contribution in [3.63, 3.8) is 0 Å². The molecule has 1 aromatic carbocycles. The maximum atomic E-state index is 13.4. The molecule has 174 valence electrons. The molecule has 3 rings (SSSR count). The highest BCUT2D eigenvalue weighted by atomic mass is 32.1. The van der Waals surface area contributed by atoms with Crippen molar-refractivity contribution < 1.29 is 14.3 Å². The molecule has 0 radical (unpaired) electrons. The topological polar surface area (TPSA) is 49.9 Å². The summed E-state index contributed by atoms with van der Waals surface area (Å²) in [6, 6.07) is 8.13. The number of ether oxygens (including phenoxy) is 1. The van der Waals surface area contributed by atoms with E-state index in [4.69, 9.17) is 4.74 Å².